The molecule has 2 bridgehead atoms. The van der Waals surface area contributed by atoms with Crippen molar-refractivity contribution >= 4 is 37.4 Å². The Morgan fingerprint density at radius 2 is 1.96 bits per heavy atom. The lowest BCUT2D eigenvalue weighted by atomic mass is 9.84. The number of aromatic nitrogens is 7. The number of hydrogen-bond acceptors (Lipinski definition) is 11. The number of nitrogens with zero attached hydrogens (tertiary/aromatic N) is 10. The van der Waals surface area contributed by atoms with E-state index >= 15 is 0 Å². The van der Waals surface area contributed by atoms with Crippen LogP contribution in [0.25, 0.3) is 16.0 Å². The maximum absolute atomic E-state index is 13.1. The van der Waals surface area contributed by atoms with Gasteiger partial charge in [-0.2, -0.15) is 4.98 Å². The maximum atomic E-state index is 13.1. The predicted octanol–water partition coefficient (Wildman–Crippen LogP) is 5.14. The van der Waals surface area contributed by atoms with Gasteiger partial charge in [0.25, 0.3) is 14.4 Å². The highest BCUT2D eigenvalue weighted by Crippen LogP contribution is 2.56. The Morgan fingerprint density at radius 1 is 1.20 bits per heavy atom. The van der Waals surface area contributed by atoms with Crippen molar-refractivity contribution in [3.63, 3.8) is 0 Å². The summed E-state index contributed by atoms with van der Waals surface area (Å²) in [6.45, 7) is 21.0. The Kier molecular flexibility index (Phi) is 10.2. The molecule has 4 aromatic rings. The fourth-order valence-corrected chi connectivity index (χ4v) is 8.55. The zero-order chi connectivity index (χ0) is 34.9. The molecule has 49 heavy (non-hydrogen) atoms. The Hall–Kier alpha value is -4.06. The number of fused-ring (bicyclic) bond motifs is 3. The van der Waals surface area contributed by atoms with Crippen LogP contribution in [0.1, 0.15) is 69.9 Å². The zero-order valence-corrected chi connectivity index (χ0v) is 29.9. The second-order valence-corrected chi connectivity index (χ2v) is 14.3. The first-order valence-electron chi connectivity index (χ1n) is 16.7. The smallest absolute Gasteiger partial charge is 0.259 e. The largest absolute Gasteiger partial charge is 0.346 e. The number of anilines is 2. The molecular weight excluding hydrogens is 645 g/mol. The first-order chi connectivity index (χ1) is 23.6. The van der Waals surface area contributed by atoms with Crippen molar-refractivity contribution in [1.29, 1.82) is 0 Å². The van der Waals surface area contributed by atoms with E-state index in [1.54, 1.807) is 23.1 Å². The second kappa shape index (κ2) is 14.4. The summed E-state index contributed by atoms with van der Waals surface area (Å²) >= 11 is 0. The molecule has 1 unspecified atom stereocenters. The molecule has 1 amide bonds. The summed E-state index contributed by atoms with van der Waals surface area (Å²) in [5.74, 6) is 1.37. The summed E-state index contributed by atoms with van der Waals surface area (Å²) in [5, 5.41) is 7.67. The van der Waals surface area contributed by atoms with E-state index in [-0.39, 0.29) is 31.1 Å². The van der Waals surface area contributed by atoms with E-state index in [0.717, 1.165) is 5.82 Å². The van der Waals surface area contributed by atoms with Crippen molar-refractivity contribution in [2.75, 3.05) is 29.9 Å². The van der Waals surface area contributed by atoms with Crippen molar-refractivity contribution in [2.24, 2.45) is 7.05 Å². The number of imidazole rings is 1. The number of hydrogen-bond donors (Lipinski definition) is 1. The summed E-state index contributed by atoms with van der Waals surface area (Å²) in [6.07, 6.45) is 3.37. The summed E-state index contributed by atoms with van der Waals surface area (Å²) in [6, 6.07) is 8.81. The molecule has 0 spiro atoms. The monoisotopic (exact) mass is 689 g/mol. The minimum Gasteiger partial charge on any atom is -0.346 e. The third kappa shape index (κ3) is 6.63. The molecule has 2 aliphatic heterocycles. The molecule has 0 saturated carbocycles. The van der Waals surface area contributed by atoms with Gasteiger partial charge in [0.1, 0.15) is 36.5 Å². The normalized spacial score (nSPS) is 22.7. The molecule has 2 fully saturated rings. The first kappa shape index (κ1) is 34.8. The minimum atomic E-state index is -1.59. The van der Waals surface area contributed by atoms with Crippen LogP contribution in [0.4, 0.5) is 11.8 Å². The van der Waals surface area contributed by atoms with Crippen LogP contribution in [0.2, 0.25) is 0 Å². The van der Waals surface area contributed by atoms with Crippen molar-refractivity contribution in [3.05, 3.63) is 65.8 Å². The van der Waals surface area contributed by atoms with Crippen LogP contribution in [0.3, 0.4) is 0 Å². The van der Waals surface area contributed by atoms with E-state index in [2.05, 4.69) is 64.3 Å². The van der Waals surface area contributed by atoms with Gasteiger partial charge in [0, 0.05) is 31.2 Å². The highest BCUT2D eigenvalue weighted by Gasteiger charge is 2.62. The summed E-state index contributed by atoms with van der Waals surface area (Å²) in [7, 11) is 0.291. The van der Waals surface area contributed by atoms with Crippen LogP contribution < -0.4 is 10.2 Å². The summed E-state index contributed by atoms with van der Waals surface area (Å²) in [5.41, 5.74) is 0.779. The number of carbonyl (C=O) groups is 1. The van der Waals surface area contributed by atoms with E-state index in [1.165, 1.54) is 6.33 Å². The molecule has 2 saturated heterocycles. The molecule has 5 atom stereocenters. The van der Waals surface area contributed by atoms with Crippen LogP contribution in [0.15, 0.2) is 43.0 Å². The quantitative estimate of drug-likeness (QED) is 0.113. The summed E-state index contributed by atoms with van der Waals surface area (Å²) in [4.78, 5) is 37.2. The molecule has 1 N–H and O–H groups in total. The zero-order valence-electron chi connectivity index (χ0n) is 29.0. The number of rotatable bonds is 13. The molecular formula is C33H44N11O4P. The van der Waals surface area contributed by atoms with Crippen LogP contribution in [-0.4, -0.2) is 94.4 Å². The van der Waals surface area contributed by atoms with Crippen LogP contribution in [-0.2, 0) is 20.8 Å². The molecule has 0 radical (unpaired) electrons. The number of carbonyl (C=O) groups excluding carboxylic acids is 1. The Bertz CT molecular complexity index is 1780. The van der Waals surface area contributed by atoms with E-state index in [0.29, 0.717) is 47.9 Å². The lowest BCUT2D eigenvalue weighted by Crippen LogP contribution is -2.58. The van der Waals surface area contributed by atoms with Crippen molar-refractivity contribution in [2.45, 2.75) is 90.4 Å². The highest BCUT2D eigenvalue weighted by molar-refractivity contribution is 7.44. The molecule has 5 heterocycles. The fraction of sp³-hybridized carbons (Fsp3) is 0.545. The van der Waals surface area contributed by atoms with Crippen LogP contribution in [0.5, 0.6) is 0 Å². The molecule has 260 valence electrons. The number of piperidine rings is 1. The fourth-order valence-electron chi connectivity index (χ4n) is 6.74. The standard InChI is InChI=1S/C33H44N11O4P/c1-9-33-15-17-42(32-38-23(6)41(8)40-32)26(27(33)48-49(46-18-16-34-7)44(21(2)3)22(4)5)31(47-33)43-20-37-25-28(35-19-36-29(25)43)39-30(45)24-13-11-10-12-14-24/h10-14,19-22,26-27,31H,9,15-18H2,1-6,8H3,(H,35,36,39,45)/t26-,27+,31-,33+,49?/m1/s1. The summed E-state index contributed by atoms with van der Waals surface area (Å²) < 4.78 is 26.6. The lowest BCUT2D eigenvalue weighted by molar-refractivity contribution is -0.102. The Morgan fingerprint density at radius 3 is 2.61 bits per heavy atom. The molecule has 15 nitrogen and oxygen atoms in total. The second-order valence-electron chi connectivity index (χ2n) is 12.9. The number of benzene rings is 1. The third-order valence-corrected chi connectivity index (χ3v) is 11.3. The van der Waals surface area contributed by atoms with E-state index in [1.807, 2.05) is 36.7 Å². The number of aryl methyl sites for hydroxylation is 2. The minimum absolute atomic E-state index is 0.129. The Labute approximate surface area is 287 Å². The van der Waals surface area contributed by atoms with Crippen molar-refractivity contribution < 1.29 is 18.6 Å². The van der Waals surface area contributed by atoms with Crippen LogP contribution >= 0.6 is 8.53 Å². The van der Waals surface area contributed by atoms with Gasteiger partial charge in [-0.1, -0.05) is 25.1 Å². The van der Waals surface area contributed by atoms with Crippen LogP contribution in [0, 0.1) is 13.5 Å². The molecule has 3 aromatic heterocycles. The SMILES string of the molecule is [C-]#[N+]CCOP(O[C@H]1[C@@H]2[C@H](n3cnc4c(NC(=O)c5ccccc5)ncnc43)O[C@@]1(CC)CCN2c1nc(C)n(C)n1)N(C(C)C)C(C)C. The molecule has 0 aliphatic carbocycles. The maximum Gasteiger partial charge on any atom is 0.259 e. The van der Waals surface area contributed by atoms with Gasteiger partial charge in [0.05, 0.1) is 6.33 Å². The number of amides is 1. The highest BCUT2D eigenvalue weighted by atomic mass is 31.2. The molecule has 1 aromatic carbocycles. The predicted molar refractivity (Wildman–Crippen MR) is 186 cm³/mol. The average molecular weight is 690 g/mol. The van der Waals surface area contributed by atoms with Gasteiger partial charge in [0.2, 0.25) is 12.5 Å². The molecule has 6 rings (SSSR count). The van der Waals surface area contributed by atoms with E-state index < -0.39 is 32.5 Å². The topological polar surface area (TPSA) is 142 Å². The number of nitrogens with one attached hydrogen (secondary N) is 1. The van der Waals surface area contributed by atoms with Gasteiger partial charge in [-0.15, -0.1) is 5.10 Å². The van der Waals surface area contributed by atoms with Gasteiger partial charge < -0.3 is 28.8 Å². The van der Waals surface area contributed by atoms with E-state index in [4.69, 9.17) is 35.4 Å². The first-order valence-corrected chi connectivity index (χ1v) is 17.8. The molecule has 2 aliphatic rings. The average Bonchev–Trinajstić information content (AvgIpc) is 3.72. The van der Waals surface area contributed by atoms with Gasteiger partial charge in [-0.05, 0) is 59.6 Å². The van der Waals surface area contributed by atoms with Gasteiger partial charge in [-0.25, -0.2) is 26.2 Å². The van der Waals surface area contributed by atoms with Gasteiger partial charge in [0.15, 0.2) is 23.2 Å². The van der Waals surface area contributed by atoms with E-state index in [9.17, 15) is 4.79 Å². The molecule has 16 heteroatoms. The Balaban J connectivity index is 1.43. The van der Waals surface area contributed by atoms with Crippen molar-refractivity contribution in [1.82, 2.24) is 39.0 Å². The third-order valence-electron chi connectivity index (χ3n) is 9.19. The number of ether oxygens (including phenoxy) is 1. The van der Waals surface area contributed by atoms with Crippen molar-refractivity contribution in [3.8, 4) is 0 Å². The van der Waals surface area contributed by atoms with Gasteiger partial charge in [-0.3, -0.25) is 14.0 Å². The van der Waals surface area contributed by atoms with Gasteiger partial charge >= 0.3 is 0 Å². The lowest BCUT2D eigenvalue weighted by Gasteiger charge is -2.46.